The third kappa shape index (κ3) is 4.14. The summed E-state index contributed by atoms with van der Waals surface area (Å²) >= 11 is 0. The van der Waals surface area contributed by atoms with Crippen LogP contribution in [0.15, 0.2) is 24.3 Å². The van der Waals surface area contributed by atoms with Crippen LogP contribution < -0.4 is 5.32 Å². The van der Waals surface area contributed by atoms with Crippen molar-refractivity contribution in [2.75, 3.05) is 13.1 Å². The molecule has 0 saturated heterocycles. The molecule has 0 aliphatic heterocycles. The van der Waals surface area contributed by atoms with E-state index in [-0.39, 0.29) is 11.9 Å². The predicted molar refractivity (Wildman–Crippen MR) is 92.1 cm³/mol. The summed E-state index contributed by atoms with van der Waals surface area (Å²) in [7, 11) is 0. The molecule has 1 unspecified atom stereocenters. The van der Waals surface area contributed by atoms with Crippen LogP contribution >= 0.6 is 0 Å². The second-order valence-electron chi connectivity index (χ2n) is 7.90. The van der Waals surface area contributed by atoms with E-state index < -0.39 is 0 Å². The van der Waals surface area contributed by atoms with Crippen LogP contribution in [-0.2, 0) is 4.79 Å². The van der Waals surface area contributed by atoms with Crippen molar-refractivity contribution in [3.63, 3.8) is 0 Å². The Bertz CT molecular complexity index is 556. The van der Waals surface area contributed by atoms with Crippen LogP contribution in [0.5, 0.6) is 0 Å². The first-order chi connectivity index (χ1) is 11.2. The van der Waals surface area contributed by atoms with E-state index >= 15 is 0 Å². The number of benzene rings is 1. The smallest absolute Gasteiger partial charge is 0.234 e. The Kier molecular flexibility index (Phi) is 4.14. The molecule has 0 radical (unpaired) electrons. The minimum atomic E-state index is 0.213. The highest BCUT2D eigenvalue weighted by molar-refractivity contribution is 5.78. The van der Waals surface area contributed by atoms with Gasteiger partial charge in [0.25, 0.3) is 0 Å². The van der Waals surface area contributed by atoms with Gasteiger partial charge in [-0.05, 0) is 62.8 Å². The first-order valence-corrected chi connectivity index (χ1v) is 9.29. The fraction of sp³-hybridized carbons (Fsp3) is 0.650. The molecule has 23 heavy (non-hydrogen) atoms. The van der Waals surface area contributed by atoms with Crippen molar-refractivity contribution in [2.45, 2.75) is 57.5 Å². The molecule has 3 fully saturated rings. The summed E-state index contributed by atoms with van der Waals surface area (Å²) in [5, 5.41) is 3.34. The van der Waals surface area contributed by atoms with E-state index in [2.05, 4.69) is 41.4 Å². The topological polar surface area (TPSA) is 32.3 Å². The summed E-state index contributed by atoms with van der Waals surface area (Å²) in [6, 6.07) is 9.56. The van der Waals surface area contributed by atoms with Gasteiger partial charge in [0.1, 0.15) is 0 Å². The van der Waals surface area contributed by atoms with Gasteiger partial charge in [0.2, 0.25) is 5.91 Å². The average molecular weight is 312 g/mol. The summed E-state index contributed by atoms with van der Waals surface area (Å²) in [4.78, 5) is 15.1. The zero-order valence-electron chi connectivity index (χ0n) is 14.1. The van der Waals surface area contributed by atoms with Crippen molar-refractivity contribution in [1.29, 1.82) is 0 Å². The van der Waals surface area contributed by atoms with Crippen molar-refractivity contribution in [1.82, 2.24) is 10.2 Å². The highest BCUT2D eigenvalue weighted by Crippen LogP contribution is 2.41. The van der Waals surface area contributed by atoms with E-state index in [0.717, 1.165) is 12.5 Å². The van der Waals surface area contributed by atoms with Crippen LogP contribution in [0.2, 0.25) is 0 Å². The second-order valence-corrected chi connectivity index (χ2v) is 7.90. The molecule has 124 valence electrons. The number of carbonyl (C=O) groups excluding carboxylic acids is 1. The molecule has 0 aromatic heterocycles. The molecule has 3 aliphatic carbocycles. The lowest BCUT2D eigenvalue weighted by atomic mass is 10.0. The standard InChI is InChI=1S/C20H28N2O/c1-14-2-6-16(7-3-14)20(17-8-9-17)21-19(23)13-22(18-10-11-18)12-15-4-5-15/h2-3,6-7,15,17-18,20H,4-5,8-13H2,1H3,(H,21,23). The van der Waals surface area contributed by atoms with Gasteiger partial charge in [-0.1, -0.05) is 29.8 Å². The third-order valence-electron chi connectivity index (χ3n) is 5.45. The normalized spacial score (nSPS) is 22.2. The highest BCUT2D eigenvalue weighted by atomic mass is 16.2. The third-order valence-corrected chi connectivity index (χ3v) is 5.45. The lowest BCUT2D eigenvalue weighted by Crippen LogP contribution is -2.41. The van der Waals surface area contributed by atoms with Gasteiger partial charge in [0, 0.05) is 12.6 Å². The number of aryl methyl sites for hydroxylation is 1. The van der Waals surface area contributed by atoms with Crippen LogP contribution in [0.3, 0.4) is 0 Å². The molecule has 1 N–H and O–H groups in total. The van der Waals surface area contributed by atoms with Gasteiger partial charge in [0.05, 0.1) is 12.6 Å². The summed E-state index contributed by atoms with van der Waals surface area (Å²) in [6.45, 7) is 3.84. The first kappa shape index (κ1) is 15.2. The maximum Gasteiger partial charge on any atom is 0.234 e. The summed E-state index contributed by atoms with van der Waals surface area (Å²) in [5.74, 6) is 1.72. The zero-order chi connectivity index (χ0) is 15.8. The number of carbonyl (C=O) groups is 1. The lowest BCUT2D eigenvalue weighted by Gasteiger charge is -2.24. The summed E-state index contributed by atoms with van der Waals surface area (Å²) in [5.41, 5.74) is 2.55. The van der Waals surface area contributed by atoms with E-state index in [4.69, 9.17) is 0 Å². The molecule has 0 heterocycles. The first-order valence-electron chi connectivity index (χ1n) is 9.29. The van der Waals surface area contributed by atoms with Crippen LogP contribution in [0.25, 0.3) is 0 Å². The fourth-order valence-corrected chi connectivity index (χ4v) is 3.49. The molecule has 3 heteroatoms. The van der Waals surface area contributed by atoms with Gasteiger partial charge in [0.15, 0.2) is 0 Å². The zero-order valence-corrected chi connectivity index (χ0v) is 14.1. The second kappa shape index (κ2) is 6.27. The molecule has 3 aliphatic rings. The highest BCUT2D eigenvalue weighted by Gasteiger charge is 2.36. The average Bonchev–Trinajstić information content (AvgIpc) is 3.39. The number of nitrogens with one attached hydrogen (secondary N) is 1. The molecule has 1 aromatic rings. The van der Waals surface area contributed by atoms with Gasteiger partial charge in [-0.25, -0.2) is 0 Å². The Hall–Kier alpha value is -1.35. The maximum atomic E-state index is 12.6. The number of rotatable bonds is 8. The molecule has 1 aromatic carbocycles. The van der Waals surface area contributed by atoms with Gasteiger partial charge in [-0.3, -0.25) is 9.69 Å². The van der Waals surface area contributed by atoms with E-state index in [1.165, 1.54) is 49.7 Å². The van der Waals surface area contributed by atoms with E-state index in [1.807, 2.05) is 0 Å². The maximum absolute atomic E-state index is 12.6. The molecule has 1 atom stereocenters. The van der Waals surface area contributed by atoms with Crippen LogP contribution in [0, 0.1) is 18.8 Å². The molecular formula is C20H28N2O. The van der Waals surface area contributed by atoms with E-state index in [0.29, 0.717) is 18.5 Å². The van der Waals surface area contributed by atoms with E-state index in [9.17, 15) is 4.79 Å². The Labute approximate surface area is 139 Å². The molecule has 0 spiro atoms. The SMILES string of the molecule is Cc1ccc(C(NC(=O)CN(CC2CC2)C2CC2)C2CC2)cc1. The van der Waals surface area contributed by atoms with Crippen molar-refractivity contribution < 1.29 is 4.79 Å². The Balaban J connectivity index is 1.37. The minimum Gasteiger partial charge on any atom is -0.348 e. The molecule has 3 saturated carbocycles. The van der Waals surface area contributed by atoms with Crippen molar-refractivity contribution >= 4 is 5.91 Å². The number of nitrogens with zero attached hydrogens (tertiary/aromatic N) is 1. The number of hydrogen-bond donors (Lipinski definition) is 1. The van der Waals surface area contributed by atoms with Gasteiger partial charge < -0.3 is 5.32 Å². The van der Waals surface area contributed by atoms with Gasteiger partial charge >= 0.3 is 0 Å². The van der Waals surface area contributed by atoms with E-state index in [1.54, 1.807) is 0 Å². The minimum absolute atomic E-state index is 0.213. The summed E-state index contributed by atoms with van der Waals surface area (Å²) in [6.07, 6.45) is 7.77. The van der Waals surface area contributed by atoms with Crippen LogP contribution in [-0.4, -0.2) is 29.9 Å². The Morgan fingerprint density at radius 2 is 1.83 bits per heavy atom. The number of amides is 1. The number of hydrogen-bond acceptors (Lipinski definition) is 2. The van der Waals surface area contributed by atoms with Crippen LogP contribution in [0.1, 0.15) is 55.7 Å². The molecule has 1 amide bonds. The molecule has 4 rings (SSSR count). The Morgan fingerprint density at radius 3 is 2.39 bits per heavy atom. The largest absolute Gasteiger partial charge is 0.348 e. The molecule has 0 bridgehead atoms. The van der Waals surface area contributed by atoms with Gasteiger partial charge in [-0.15, -0.1) is 0 Å². The lowest BCUT2D eigenvalue weighted by molar-refractivity contribution is -0.123. The fourth-order valence-electron chi connectivity index (χ4n) is 3.49. The summed E-state index contributed by atoms with van der Waals surface area (Å²) < 4.78 is 0. The van der Waals surface area contributed by atoms with Crippen molar-refractivity contribution in [3.8, 4) is 0 Å². The van der Waals surface area contributed by atoms with Crippen molar-refractivity contribution in [3.05, 3.63) is 35.4 Å². The monoisotopic (exact) mass is 312 g/mol. The molecule has 3 nitrogen and oxygen atoms in total. The quantitative estimate of drug-likeness (QED) is 0.797. The van der Waals surface area contributed by atoms with Gasteiger partial charge in [-0.2, -0.15) is 0 Å². The van der Waals surface area contributed by atoms with Crippen molar-refractivity contribution in [2.24, 2.45) is 11.8 Å². The van der Waals surface area contributed by atoms with Crippen LogP contribution in [0.4, 0.5) is 0 Å². The predicted octanol–water partition coefficient (Wildman–Crippen LogP) is 3.44. The molecular weight excluding hydrogens is 284 g/mol. The Morgan fingerprint density at radius 1 is 1.13 bits per heavy atom.